The first-order chi connectivity index (χ1) is 8.83. The zero-order chi connectivity index (χ0) is 12.4. The van der Waals surface area contributed by atoms with Crippen LogP contribution in [0.4, 0.5) is 17.3 Å². The molecule has 1 aliphatic heterocycles. The van der Waals surface area contributed by atoms with Crippen LogP contribution in [0.25, 0.3) is 0 Å². The molecule has 0 amide bonds. The molecule has 0 saturated carbocycles. The molecule has 2 aromatic rings. The first-order valence-corrected chi connectivity index (χ1v) is 5.67. The van der Waals surface area contributed by atoms with Crippen LogP contribution in [0, 0.1) is 0 Å². The lowest BCUT2D eigenvalue weighted by atomic mass is 10.2. The third-order valence-electron chi connectivity index (χ3n) is 2.74. The lowest BCUT2D eigenvalue weighted by molar-refractivity contribution is 0.474. The number of hydrogen-bond acceptors (Lipinski definition) is 6. The minimum Gasteiger partial charge on any atom is -0.508 e. The number of aromatic nitrogens is 2. The van der Waals surface area contributed by atoms with Gasteiger partial charge in [-0.15, -0.1) is 0 Å². The quantitative estimate of drug-likeness (QED) is 0.655. The maximum atomic E-state index is 9.39. The number of phenolic OH excluding ortho intramolecular Hbond substituents is 1. The predicted molar refractivity (Wildman–Crippen MR) is 69.6 cm³/mol. The lowest BCUT2D eigenvalue weighted by Crippen LogP contribution is -2.04. The number of hydrogen-bond donors (Lipinski definition) is 4. The SMILES string of the molecule is Oc1cccc(CNc2ncnc3c2NCN3)c1. The molecule has 0 atom stereocenters. The molecule has 4 N–H and O–H groups in total. The van der Waals surface area contributed by atoms with Gasteiger partial charge in [-0.05, 0) is 17.7 Å². The summed E-state index contributed by atoms with van der Waals surface area (Å²) in [6.07, 6.45) is 1.52. The number of fused-ring (bicyclic) bond motifs is 1. The number of benzene rings is 1. The monoisotopic (exact) mass is 243 g/mol. The van der Waals surface area contributed by atoms with Gasteiger partial charge in [0, 0.05) is 6.54 Å². The second kappa shape index (κ2) is 4.40. The molecule has 0 spiro atoms. The summed E-state index contributed by atoms with van der Waals surface area (Å²) in [5, 5.41) is 18.9. The van der Waals surface area contributed by atoms with Gasteiger partial charge in [0.2, 0.25) is 0 Å². The summed E-state index contributed by atoms with van der Waals surface area (Å²) in [5.74, 6) is 1.83. The van der Waals surface area contributed by atoms with Crippen LogP contribution in [0.2, 0.25) is 0 Å². The second-order valence-electron chi connectivity index (χ2n) is 4.00. The third-order valence-corrected chi connectivity index (χ3v) is 2.74. The molecule has 0 aliphatic carbocycles. The Labute approximate surface area is 104 Å². The molecule has 0 bridgehead atoms. The number of aromatic hydroxyl groups is 1. The molecule has 0 unspecified atom stereocenters. The molecule has 1 aromatic carbocycles. The topological polar surface area (TPSA) is 82.1 Å². The normalized spacial score (nSPS) is 12.4. The van der Waals surface area contributed by atoms with E-state index in [1.807, 2.05) is 12.1 Å². The van der Waals surface area contributed by atoms with Crippen molar-refractivity contribution in [3.63, 3.8) is 0 Å². The Balaban J connectivity index is 1.76. The molecule has 92 valence electrons. The van der Waals surface area contributed by atoms with Crippen molar-refractivity contribution in [3.8, 4) is 5.75 Å². The Morgan fingerprint density at radius 3 is 3.11 bits per heavy atom. The summed E-state index contributed by atoms with van der Waals surface area (Å²) < 4.78 is 0. The van der Waals surface area contributed by atoms with Gasteiger partial charge in [0.05, 0.1) is 6.67 Å². The average Bonchev–Trinajstić information content (AvgIpc) is 2.85. The van der Waals surface area contributed by atoms with Gasteiger partial charge in [0.25, 0.3) is 0 Å². The zero-order valence-electron chi connectivity index (χ0n) is 9.64. The van der Waals surface area contributed by atoms with Crippen molar-refractivity contribution in [2.45, 2.75) is 6.54 Å². The minimum absolute atomic E-state index is 0.266. The Hall–Kier alpha value is -2.50. The first kappa shape index (κ1) is 10.6. The molecule has 0 fully saturated rings. The van der Waals surface area contributed by atoms with E-state index in [4.69, 9.17) is 0 Å². The summed E-state index contributed by atoms with van der Waals surface area (Å²) in [4.78, 5) is 8.32. The van der Waals surface area contributed by atoms with Crippen molar-refractivity contribution in [3.05, 3.63) is 36.2 Å². The molecule has 1 aliphatic rings. The van der Waals surface area contributed by atoms with Crippen molar-refractivity contribution < 1.29 is 5.11 Å². The van der Waals surface area contributed by atoms with Crippen LogP contribution in [0.5, 0.6) is 5.75 Å². The van der Waals surface area contributed by atoms with Crippen molar-refractivity contribution in [2.75, 3.05) is 22.6 Å². The van der Waals surface area contributed by atoms with E-state index in [0.29, 0.717) is 13.2 Å². The first-order valence-electron chi connectivity index (χ1n) is 5.67. The summed E-state index contributed by atoms with van der Waals surface area (Å²) >= 11 is 0. The smallest absolute Gasteiger partial charge is 0.156 e. The van der Waals surface area contributed by atoms with E-state index in [1.165, 1.54) is 6.33 Å². The molecule has 6 nitrogen and oxygen atoms in total. The van der Waals surface area contributed by atoms with E-state index in [1.54, 1.807) is 12.1 Å². The van der Waals surface area contributed by atoms with E-state index < -0.39 is 0 Å². The Morgan fingerprint density at radius 1 is 1.28 bits per heavy atom. The van der Waals surface area contributed by atoms with Crippen molar-refractivity contribution in [1.29, 1.82) is 0 Å². The number of nitrogens with one attached hydrogen (secondary N) is 3. The summed E-state index contributed by atoms with van der Waals surface area (Å²) in [6.45, 7) is 1.26. The molecule has 3 rings (SSSR count). The molecular formula is C12H13N5O. The molecule has 0 radical (unpaired) electrons. The van der Waals surface area contributed by atoms with E-state index in [9.17, 15) is 5.11 Å². The highest BCUT2D eigenvalue weighted by molar-refractivity contribution is 5.79. The third kappa shape index (κ3) is 2.00. The Kier molecular flexibility index (Phi) is 2.60. The van der Waals surface area contributed by atoms with Crippen LogP contribution >= 0.6 is 0 Å². The Bertz CT molecular complexity index is 572. The highest BCUT2D eigenvalue weighted by Crippen LogP contribution is 2.29. The second-order valence-corrected chi connectivity index (χ2v) is 4.00. The fourth-order valence-corrected chi connectivity index (χ4v) is 1.89. The molecule has 18 heavy (non-hydrogen) atoms. The predicted octanol–water partition coefficient (Wildman–Crippen LogP) is 1.59. The lowest BCUT2D eigenvalue weighted by Gasteiger charge is -2.09. The van der Waals surface area contributed by atoms with Gasteiger partial charge in [-0.3, -0.25) is 0 Å². The van der Waals surface area contributed by atoms with E-state index in [-0.39, 0.29) is 5.75 Å². The van der Waals surface area contributed by atoms with Crippen molar-refractivity contribution in [2.24, 2.45) is 0 Å². The zero-order valence-corrected chi connectivity index (χ0v) is 9.64. The van der Waals surface area contributed by atoms with Crippen molar-refractivity contribution in [1.82, 2.24) is 9.97 Å². The number of anilines is 3. The largest absolute Gasteiger partial charge is 0.508 e. The van der Waals surface area contributed by atoms with Crippen LogP contribution < -0.4 is 16.0 Å². The van der Waals surface area contributed by atoms with E-state index >= 15 is 0 Å². The maximum absolute atomic E-state index is 9.39. The van der Waals surface area contributed by atoms with Crippen LogP contribution in [0.3, 0.4) is 0 Å². The standard InChI is InChI=1S/C12H13N5O/c18-9-3-1-2-8(4-9)5-13-11-10-12(15-6-14-10)17-7-16-11/h1-4,7,14,18H,5-6H2,(H2,13,15,16,17). The van der Waals surface area contributed by atoms with E-state index in [0.717, 1.165) is 22.9 Å². The fraction of sp³-hybridized carbons (Fsp3) is 0.167. The number of rotatable bonds is 3. The highest BCUT2D eigenvalue weighted by atomic mass is 16.3. The Morgan fingerprint density at radius 2 is 2.22 bits per heavy atom. The highest BCUT2D eigenvalue weighted by Gasteiger charge is 2.15. The van der Waals surface area contributed by atoms with Crippen LogP contribution in [-0.2, 0) is 6.54 Å². The maximum Gasteiger partial charge on any atom is 0.156 e. The molecule has 0 saturated heterocycles. The minimum atomic E-state index is 0.266. The van der Waals surface area contributed by atoms with Gasteiger partial charge in [-0.2, -0.15) is 0 Å². The van der Waals surface area contributed by atoms with Crippen LogP contribution in [0.15, 0.2) is 30.6 Å². The number of nitrogens with zero attached hydrogens (tertiary/aromatic N) is 2. The van der Waals surface area contributed by atoms with E-state index in [2.05, 4.69) is 25.9 Å². The summed E-state index contributed by atoms with van der Waals surface area (Å²) in [7, 11) is 0. The fourth-order valence-electron chi connectivity index (χ4n) is 1.89. The molecule has 6 heteroatoms. The van der Waals surface area contributed by atoms with Gasteiger partial charge in [-0.1, -0.05) is 12.1 Å². The van der Waals surface area contributed by atoms with Crippen LogP contribution in [-0.4, -0.2) is 21.7 Å². The van der Waals surface area contributed by atoms with Gasteiger partial charge < -0.3 is 21.1 Å². The summed E-state index contributed by atoms with van der Waals surface area (Å²) in [5.41, 5.74) is 1.88. The molecule has 2 heterocycles. The molecule has 1 aromatic heterocycles. The van der Waals surface area contributed by atoms with Gasteiger partial charge in [0.1, 0.15) is 17.8 Å². The molecular weight excluding hydrogens is 230 g/mol. The average molecular weight is 243 g/mol. The summed E-state index contributed by atoms with van der Waals surface area (Å²) in [6, 6.07) is 7.13. The van der Waals surface area contributed by atoms with Crippen molar-refractivity contribution >= 4 is 17.3 Å². The number of phenols is 1. The van der Waals surface area contributed by atoms with Crippen LogP contribution in [0.1, 0.15) is 5.56 Å². The van der Waals surface area contributed by atoms with Gasteiger partial charge in [0.15, 0.2) is 11.6 Å². The van der Waals surface area contributed by atoms with Gasteiger partial charge >= 0.3 is 0 Å². The van der Waals surface area contributed by atoms with Gasteiger partial charge in [-0.25, -0.2) is 9.97 Å².